The van der Waals surface area contributed by atoms with E-state index in [1.54, 1.807) is 66.7 Å². The van der Waals surface area contributed by atoms with E-state index >= 15 is 0 Å². The average Bonchev–Trinajstić information content (AvgIpc) is 2.84. The first-order chi connectivity index (χ1) is 16.0. The van der Waals surface area contributed by atoms with Gasteiger partial charge in [0.2, 0.25) is 0 Å². The maximum Gasteiger partial charge on any atom is 0.343 e. The minimum atomic E-state index is -0.548. The summed E-state index contributed by atoms with van der Waals surface area (Å²) in [7, 11) is 2.97. The van der Waals surface area contributed by atoms with Crippen LogP contribution in [0.1, 0.15) is 15.9 Å². The van der Waals surface area contributed by atoms with Crippen LogP contribution in [0.4, 0.5) is 0 Å². The summed E-state index contributed by atoms with van der Waals surface area (Å²) in [6.45, 7) is -0.235. The van der Waals surface area contributed by atoms with Crippen LogP contribution in [0, 0.1) is 0 Å². The maximum absolute atomic E-state index is 12.3. The van der Waals surface area contributed by atoms with Gasteiger partial charge < -0.3 is 18.9 Å². The van der Waals surface area contributed by atoms with Crippen LogP contribution in [0.2, 0.25) is 5.02 Å². The van der Waals surface area contributed by atoms with E-state index in [0.717, 1.165) is 0 Å². The van der Waals surface area contributed by atoms with E-state index in [2.05, 4.69) is 10.5 Å². The molecule has 0 spiro atoms. The first-order valence-corrected chi connectivity index (χ1v) is 10.1. The number of nitrogens with one attached hydrogen (secondary N) is 1. The van der Waals surface area contributed by atoms with E-state index in [-0.39, 0.29) is 12.4 Å². The summed E-state index contributed by atoms with van der Waals surface area (Å²) >= 11 is 5.84. The lowest BCUT2D eigenvalue weighted by molar-refractivity contribution is -0.123. The van der Waals surface area contributed by atoms with Crippen molar-refractivity contribution >= 4 is 29.7 Å². The molecule has 0 bridgehead atoms. The van der Waals surface area contributed by atoms with E-state index in [9.17, 15) is 9.59 Å². The Kier molecular flexibility index (Phi) is 8.26. The van der Waals surface area contributed by atoms with Crippen molar-refractivity contribution in [1.82, 2.24) is 5.43 Å². The summed E-state index contributed by atoms with van der Waals surface area (Å²) in [5.41, 5.74) is 3.34. The van der Waals surface area contributed by atoms with Crippen LogP contribution in [0.15, 0.2) is 71.8 Å². The highest BCUT2D eigenvalue weighted by atomic mass is 35.5. The molecule has 0 heterocycles. The number of ether oxygens (including phenoxy) is 4. The largest absolute Gasteiger partial charge is 0.493 e. The second-order valence-electron chi connectivity index (χ2n) is 6.54. The molecular weight excluding hydrogens is 448 g/mol. The Morgan fingerprint density at radius 2 is 1.61 bits per heavy atom. The van der Waals surface area contributed by atoms with Gasteiger partial charge in [-0.1, -0.05) is 23.7 Å². The Bertz CT molecular complexity index is 1150. The summed E-state index contributed by atoms with van der Waals surface area (Å²) in [4.78, 5) is 24.3. The molecule has 3 rings (SSSR count). The second kappa shape index (κ2) is 11.5. The first kappa shape index (κ1) is 23.6. The molecule has 170 valence electrons. The topological polar surface area (TPSA) is 95.5 Å². The molecule has 3 aromatic carbocycles. The van der Waals surface area contributed by atoms with Gasteiger partial charge in [-0.25, -0.2) is 10.2 Å². The number of methoxy groups -OCH3 is 2. The number of hydrazone groups is 1. The van der Waals surface area contributed by atoms with Gasteiger partial charge >= 0.3 is 5.97 Å². The number of para-hydroxylation sites is 2. The minimum absolute atomic E-state index is 0.235. The minimum Gasteiger partial charge on any atom is -0.493 e. The Morgan fingerprint density at radius 1 is 0.909 bits per heavy atom. The summed E-state index contributed by atoms with van der Waals surface area (Å²) in [6, 6.07) is 18.2. The molecule has 0 radical (unpaired) electrons. The first-order valence-electron chi connectivity index (χ1n) is 9.73. The highest BCUT2D eigenvalue weighted by Crippen LogP contribution is 2.28. The molecule has 1 amide bonds. The van der Waals surface area contributed by atoms with Crippen LogP contribution < -0.4 is 24.4 Å². The van der Waals surface area contributed by atoms with Crippen LogP contribution in [-0.2, 0) is 4.79 Å². The summed E-state index contributed by atoms with van der Waals surface area (Å²) in [5, 5.41) is 4.43. The van der Waals surface area contributed by atoms with Crippen LogP contribution in [0.5, 0.6) is 23.0 Å². The number of hydrogen-bond donors (Lipinski definition) is 1. The maximum atomic E-state index is 12.3. The summed E-state index contributed by atoms with van der Waals surface area (Å²) in [5.74, 6) is 0.549. The number of hydrogen-bond acceptors (Lipinski definition) is 7. The lowest BCUT2D eigenvalue weighted by atomic mass is 10.2. The number of carbonyl (C=O) groups is 2. The summed E-state index contributed by atoms with van der Waals surface area (Å²) < 4.78 is 21.3. The fourth-order valence-electron chi connectivity index (χ4n) is 2.69. The average molecular weight is 469 g/mol. The molecule has 3 aromatic rings. The molecule has 0 aromatic heterocycles. The van der Waals surface area contributed by atoms with Crippen LogP contribution >= 0.6 is 11.6 Å². The quantitative estimate of drug-likeness (QED) is 0.220. The SMILES string of the molecule is COc1ccccc1OCC(=O)N/N=C/c1ccc(OC(=O)c2ccc(Cl)cc2)c(OC)c1. The lowest BCUT2D eigenvalue weighted by Gasteiger charge is -2.10. The fourth-order valence-corrected chi connectivity index (χ4v) is 2.81. The number of carbonyl (C=O) groups excluding carboxylic acids is 2. The normalized spacial score (nSPS) is 10.5. The number of amides is 1. The molecule has 0 aliphatic heterocycles. The molecule has 0 fully saturated rings. The van der Waals surface area contributed by atoms with Crippen molar-refractivity contribution in [3.05, 3.63) is 82.9 Å². The second-order valence-corrected chi connectivity index (χ2v) is 6.98. The smallest absolute Gasteiger partial charge is 0.343 e. The predicted molar refractivity (Wildman–Crippen MR) is 124 cm³/mol. The van der Waals surface area contributed by atoms with Crippen molar-refractivity contribution < 1.29 is 28.5 Å². The van der Waals surface area contributed by atoms with Gasteiger partial charge in [0.25, 0.3) is 5.91 Å². The molecule has 0 aliphatic rings. The van der Waals surface area contributed by atoms with Gasteiger partial charge in [-0.2, -0.15) is 5.10 Å². The highest BCUT2D eigenvalue weighted by Gasteiger charge is 2.13. The number of halogens is 1. The van der Waals surface area contributed by atoms with Crippen molar-refractivity contribution in [3.8, 4) is 23.0 Å². The monoisotopic (exact) mass is 468 g/mol. The molecule has 8 nitrogen and oxygen atoms in total. The molecular formula is C24H21ClN2O6. The van der Waals surface area contributed by atoms with Gasteiger partial charge in [-0.05, 0) is 60.2 Å². The Hall–Kier alpha value is -4.04. The number of esters is 1. The molecule has 0 unspecified atom stereocenters. The highest BCUT2D eigenvalue weighted by molar-refractivity contribution is 6.30. The third-order valence-corrected chi connectivity index (χ3v) is 4.55. The standard InChI is InChI=1S/C24H21ClN2O6/c1-30-19-5-3-4-6-20(19)32-15-23(28)27-26-14-16-7-12-21(22(13-16)31-2)33-24(29)17-8-10-18(25)11-9-17/h3-14H,15H2,1-2H3,(H,27,28)/b26-14+. The Morgan fingerprint density at radius 3 is 2.30 bits per heavy atom. The fraction of sp³-hybridized carbons (Fsp3) is 0.125. The van der Waals surface area contributed by atoms with E-state index in [1.165, 1.54) is 20.4 Å². The van der Waals surface area contributed by atoms with Gasteiger partial charge in [0, 0.05) is 5.02 Å². The van der Waals surface area contributed by atoms with Crippen molar-refractivity contribution in [2.75, 3.05) is 20.8 Å². The molecule has 9 heteroatoms. The third-order valence-electron chi connectivity index (χ3n) is 4.30. The number of rotatable bonds is 9. The number of nitrogens with zero attached hydrogens (tertiary/aromatic N) is 1. The zero-order chi connectivity index (χ0) is 23.6. The van der Waals surface area contributed by atoms with Gasteiger partial charge in [-0.3, -0.25) is 4.79 Å². The molecule has 0 saturated heterocycles. The van der Waals surface area contributed by atoms with Crippen molar-refractivity contribution in [1.29, 1.82) is 0 Å². The van der Waals surface area contributed by atoms with Crippen molar-refractivity contribution in [2.45, 2.75) is 0 Å². The Labute approximate surface area is 195 Å². The van der Waals surface area contributed by atoms with Gasteiger partial charge in [0.1, 0.15) is 0 Å². The van der Waals surface area contributed by atoms with Crippen molar-refractivity contribution in [3.63, 3.8) is 0 Å². The number of benzene rings is 3. The zero-order valence-electron chi connectivity index (χ0n) is 17.9. The van der Waals surface area contributed by atoms with E-state index in [0.29, 0.717) is 33.4 Å². The molecule has 0 atom stereocenters. The summed E-state index contributed by atoms with van der Waals surface area (Å²) in [6.07, 6.45) is 1.42. The van der Waals surface area contributed by atoms with E-state index in [1.807, 2.05) is 0 Å². The lowest BCUT2D eigenvalue weighted by Crippen LogP contribution is -2.24. The van der Waals surface area contributed by atoms with Crippen LogP contribution in [-0.4, -0.2) is 38.9 Å². The van der Waals surface area contributed by atoms with Gasteiger partial charge in [0.05, 0.1) is 26.0 Å². The van der Waals surface area contributed by atoms with E-state index in [4.69, 9.17) is 30.5 Å². The van der Waals surface area contributed by atoms with Gasteiger partial charge in [0.15, 0.2) is 29.6 Å². The van der Waals surface area contributed by atoms with E-state index < -0.39 is 11.9 Å². The molecule has 33 heavy (non-hydrogen) atoms. The predicted octanol–water partition coefficient (Wildman–Crippen LogP) is 4.11. The van der Waals surface area contributed by atoms with Gasteiger partial charge in [-0.15, -0.1) is 0 Å². The van der Waals surface area contributed by atoms with Crippen molar-refractivity contribution in [2.24, 2.45) is 5.10 Å². The third kappa shape index (κ3) is 6.72. The molecule has 0 aliphatic carbocycles. The van der Waals surface area contributed by atoms with Crippen LogP contribution in [0.25, 0.3) is 0 Å². The Balaban J connectivity index is 1.56. The molecule has 0 saturated carbocycles. The zero-order valence-corrected chi connectivity index (χ0v) is 18.7. The van der Waals surface area contributed by atoms with Crippen LogP contribution in [0.3, 0.4) is 0 Å². The molecule has 1 N–H and O–H groups in total.